The second-order valence-corrected chi connectivity index (χ2v) is 14.3. The molecule has 0 spiro atoms. The molecule has 26 heteroatoms. The molecule has 3 aliphatic rings. The largest absolute Gasteiger partial charge is 0.463 e. The van der Waals surface area contributed by atoms with Crippen LogP contribution in [0.5, 0.6) is 0 Å². The average Bonchev–Trinajstić information content (AvgIpc) is 3.15. The molecule has 360 valence electrons. The molecule has 64 heavy (non-hydrogen) atoms. The molecule has 0 radical (unpaired) electrons. The van der Waals surface area contributed by atoms with Gasteiger partial charge in [0.2, 0.25) is 0 Å². The minimum atomic E-state index is -2.02. The highest BCUT2D eigenvalue weighted by Gasteiger charge is 2.59. The molecule has 3 fully saturated rings. The summed E-state index contributed by atoms with van der Waals surface area (Å²) in [6.07, 6.45) is -27.2. The molecule has 15 atom stereocenters. The molecular formula is C38H52O26. The van der Waals surface area contributed by atoms with Gasteiger partial charge in [0, 0.05) is 69.2 Å². The molecule has 0 saturated carbocycles. The molecule has 3 rings (SSSR count). The van der Waals surface area contributed by atoms with Crippen LogP contribution in [-0.2, 0) is 119 Å². The van der Waals surface area contributed by atoms with E-state index in [1.807, 2.05) is 0 Å². The number of aliphatic hydroxyl groups is 1. The van der Waals surface area contributed by atoms with Crippen LogP contribution in [-0.4, -0.2) is 177 Å². The van der Waals surface area contributed by atoms with E-state index in [0.717, 1.165) is 69.2 Å². The number of ether oxygens (including phenoxy) is 15. The molecule has 0 aromatic carbocycles. The monoisotopic (exact) mass is 924 g/mol. The number of rotatable bonds is 17. The van der Waals surface area contributed by atoms with Crippen molar-refractivity contribution in [2.75, 3.05) is 19.8 Å². The molecule has 0 amide bonds. The van der Waals surface area contributed by atoms with Crippen LogP contribution in [0.4, 0.5) is 0 Å². The maximum atomic E-state index is 12.9. The van der Waals surface area contributed by atoms with E-state index in [4.69, 9.17) is 71.1 Å². The van der Waals surface area contributed by atoms with Crippen molar-refractivity contribution in [1.82, 2.24) is 0 Å². The number of carbonyl (C=O) groups excluding carboxylic acids is 10. The van der Waals surface area contributed by atoms with Crippen LogP contribution >= 0.6 is 0 Å². The highest BCUT2D eigenvalue weighted by molar-refractivity contribution is 5.70. The Labute approximate surface area is 364 Å². The zero-order valence-electron chi connectivity index (χ0n) is 36.4. The van der Waals surface area contributed by atoms with Crippen molar-refractivity contribution in [2.45, 2.75) is 161 Å². The first-order valence-electron chi connectivity index (χ1n) is 19.4. The Bertz CT molecular complexity index is 1730. The van der Waals surface area contributed by atoms with Gasteiger partial charge < -0.3 is 76.2 Å². The van der Waals surface area contributed by atoms with Crippen LogP contribution < -0.4 is 0 Å². The predicted octanol–water partition coefficient (Wildman–Crippen LogP) is -1.86. The second-order valence-electron chi connectivity index (χ2n) is 14.3. The van der Waals surface area contributed by atoms with Crippen molar-refractivity contribution in [3.05, 3.63) is 0 Å². The molecule has 0 aromatic heterocycles. The number of carbonyl (C=O) groups is 10. The fraction of sp³-hybridized carbons (Fsp3) is 0.737. The van der Waals surface area contributed by atoms with Crippen LogP contribution in [0, 0.1) is 0 Å². The normalized spacial score (nSPS) is 32.3. The number of aliphatic hydroxyl groups excluding tert-OH is 1. The summed E-state index contributed by atoms with van der Waals surface area (Å²) in [5, 5.41) is 10.9. The molecule has 0 bridgehead atoms. The Morgan fingerprint density at radius 1 is 0.328 bits per heavy atom. The number of hydrogen-bond acceptors (Lipinski definition) is 26. The first kappa shape index (κ1) is 52.8. The maximum Gasteiger partial charge on any atom is 0.303 e. The quantitative estimate of drug-likeness (QED) is 0.123. The summed E-state index contributed by atoms with van der Waals surface area (Å²) in [7, 11) is 0. The van der Waals surface area contributed by atoms with Crippen LogP contribution in [0.2, 0.25) is 0 Å². The van der Waals surface area contributed by atoms with Crippen LogP contribution in [0.15, 0.2) is 0 Å². The van der Waals surface area contributed by atoms with E-state index in [2.05, 4.69) is 0 Å². The predicted molar refractivity (Wildman–Crippen MR) is 197 cm³/mol. The van der Waals surface area contributed by atoms with Crippen molar-refractivity contribution in [1.29, 1.82) is 0 Å². The average molecular weight is 925 g/mol. The van der Waals surface area contributed by atoms with Gasteiger partial charge >= 0.3 is 59.7 Å². The molecule has 1 N–H and O–H groups in total. The summed E-state index contributed by atoms with van der Waals surface area (Å²) in [4.78, 5) is 124. The fourth-order valence-electron chi connectivity index (χ4n) is 6.77. The lowest BCUT2D eigenvalue weighted by molar-refractivity contribution is -0.378. The van der Waals surface area contributed by atoms with E-state index in [0.29, 0.717) is 0 Å². The van der Waals surface area contributed by atoms with Gasteiger partial charge in [-0.3, -0.25) is 47.9 Å². The van der Waals surface area contributed by atoms with Crippen LogP contribution in [0.25, 0.3) is 0 Å². The van der Waals surface area contributed by atoms with Gasteiger partial charge in [-0.25, -0.2) is 0 Å². The Morgan fingerprint density at radius 2 is 0.578 bits per heavy atom. The van der Waals surface area contributed by atoms with Gasteiger partial charge in [0.1, 0.15) is 50.3 Å². The van der Waals surface area contributed by atoms with Crippen molar-refractivity contribution >= 4 is 59.7 Å². The topological polar surface area (TPSA) is 329 Å². The summed E-state index contributed by atoms with van der Waals surface area (Å²) >= 11 is 0. The fourth-order valence-corrected chi connectivity index (χ4v) is 6.77. The molecule has 26 nitrogen and oxygen atoms in total. The molecule has 3 aliphatic heterocycles. The van der Waals surface area contributed by atoms with Crippen LogP contribution in [0.1, 0.15) is 69.2 Å². The van der Waals surface area contributed by atoms with Crippen molar-refractivity contribution in [3.8, 4) is 0 Å². The summed E-state index contributed by atoms with van der Waals surface area (Å²) in [6.45, 7) is 7.65. The van der Waals surface area contributed by atoms with E-state index in [1.165, 1.54) is 0 Å². The van der Waals surface area contributed by atoms with Gasteiger partial charge in [-0.1, -0.05) is 0 Å². The van der Waals surface area contributed by atoms with Gasteiger partial charge in [0.15, 0.2) is 61.6 Å². The Morgan fingerprint density at radius 3 is 0.906 bits per heavy atom. The third kappa shape index (κ3) is 15.6. The summed E-state index contributed by atoms with van der Waals surface area (Å²) < 4.78 is 84.2. The molecular weight excluding hydrogens is 872 g/mol. The van der Waals surface area contributed by atoms with Gasteiger partial charge in [-0.15, -0.1) is 0 Å². The molecule has 1 unspecified atom stereocenters. The van der Waals surface area contributed by atoms with E-state index >= 15 is 0 Å². The number of esters is 10. The standard InChI is InChI=1S/C38H52O26/c1-14(39)50-11-24-28(30(54-18(5)43)33(36(49)60-24)57-21(8)46)63-38-35(59-23(10)48)32(56-20(7)45)29(26(62-38)13-52-16(3)41)64-37-34(58-22(9)47)31(55-19(6)44)27(53-17(4)42)25(61-37)12-51-15(2)40/h24-38,49H,11-13H2,1-10H3/t24-,25-,26-,27+,28-,29+,30+,31+,32+,33-,34-,35-,36?,37+,38+/m1/s1. The molecule has 3 heterocycles. The Hall–Kier alpha value is -5.54. The summed E-state index contributed by atoms with van der Waals surface area (Å²) in [6, 6.07) is 0. The van der Waals surface area contributed by atoms with Crippen molar-refractivity contribution < 1.29 is 124 Å². The van der Waals surface area contributed by atoms with Gasteiger partial charge in [0.25, 0.3) is 0 Å². The second kappa shape index (κ2) is 23.9. The maximum absolute atomic E-state index is 12.9. The highest BCUT2D eigenvalue weighted by Crippen LogP contribution is 2.38. The number of hydrogen-bond donors (Lipinski definition) is 1. The zero-order valence-corrected chi connectivity index (χ0v) is 36.4. The Kier molecular flexibility index (Phi) is 19.8. The van der Waals surface area contributed by atoms with Gasteiger partial charge in [-0.2, -0.15) is 0 Å². The lowest BCUT2D eigenvalue weighted by atomic mass is 9.95. The van der Waals surface area contributed by atoms with Gasteiger partial charge in [0.05, 0.1) is 0 Å². The zero-order chi connectivity index (χ0) is 48.2. The highest BCUT2D eigenvalue weighted by atomic mass is 16.8. The lowest BCUT2D eigenvalue weighted by Gasteiger charge is -2.50. The third-order valence-electron chi connectivity index (χ3n) is 8.84. The lowest BCUT2D eigenvalue weighted by Crippen LogP contribution is -2.68. The third-order valence-corrected chi connectivity index (χ3v) is 8.84. The first-order chi connectivity index (χ1) is 29.9. The molecule has 3 saturated heterocycles. The smallest absolute Gasteiger partial charge is 0.303 e. The molecule has 0 aromatic rings. The van der Waals surface area contributed by atoms with Crippen LogP contribution in [0.3, 0.4) is 0 Å². The van der Waals surface area contributed by atoms with E-state index in [1.54, 1.807) is 0 Å². The first-order valence-corrected chi connectivity index (χ1v) is 19.4. The van der Waals surface area contributed by atoms with E-state index < -0.39 is 172 Å². The molecule has 0 aliphatic carbocycles. The van der Waals surface area contributed by atoms with E-state index in [9.17, 15) is 53.1 Å². The SMILES string of the molecule is CC(=O)OC[C@H]1O[C@@H](O[C@@H]2[C@H](OC(C)=O)[C@@H](OC(C)=O)[C@H](O[C@H]3[C@H](OC(C)=O)[C@@H](OC(C)=O)C(O)O[C@@H]3COC(C)=O)O[C@@H]2COC(C)=O)[C@H](OC(C)=O)[C@@H](OC(C)=O)[C@H]1OC(C)=O. The minimum absolute atomic E-state index is 0.681. The van der Waals surface area contributed by atoms with E-state index in [-0.39, 0.29) is 0 Å². The Balaban J connectivity index is 2.28. The van der Waals surface area contributed by atoms with Crippen molar-refractivity contribution in [3.63, 3.8) is 0 Å². The minimum Gasteiger partial charge on any atom is -0.463 e. The van der Waals surface area contributed by atoms with Gasteiger partial charge in [-0.05, 0) is 0 Å². The van der Waals surface area contributed by atoms with Crippen molar-refractivity contribution in [2.24, 2.45) is 0 Å². The summed E-state index contributed by atoms with van der Waals surface area (Å²) in [5.74, 6) is -9.61. The summed E-state index contributed by atoms with van der Waals surface area (Å²) in [5.41, 5.74) is 0.